The molecule has 0 saturated heterocycles. The van der Waals surface area contributed by atoms with Crippen LogP contribution in [0.25, 0.3) is 22.4 Å². The number of aromatic nitrogens is 3. The minimum Gasteiger partial charge on any atom is -0.497 e. The van der Waals surface area contributed by atoms with Crippen LogP contribution in [0.3, 0.4) is 0 Å². The topological polar surface area (TPSA) is 65.7 Å². The average Bonchev–Trinajstić information content (AvgIpc) is 3.21. The molecule has 0 fully saturated rings. The van der Waals surface area contributed by atoms with Crippen LogP contribution < -0.4 is 19.6 Å². The van der Waals surface area contributed by atoms with Gasteiger partial charge in [0.05, 0.1) is 18.8 Å². The van der Waals surface area contributed by atoms with Gasteiger partial charge in [0.1, 0.15) is 11.5 Å². The number of thiazole rings is 1. The van der Waals surface area contributed by atoms with E-state index in [0.717, 1.165) is 11.1 Å². The molecule has 4 rings (SSSR count). The number of benzene rings is 2. The average molecular weight is 400 g/mol. The maximum Gasteiger partial charge on any atom is 0.291 e. The van der Waals surface area contributed by atoms with Gasteiger partial charge in [-0.3, -0.25) is 4.79 Å². The fourth-order valence-electron chi connectivity index (χ4n) is 2.68. The maximum absolute atomic E-state index is 12.7. The number of rotatable bonds is 4. The van der Waals surface area contributed by atoms with E-state index in [4.69, 9.17) is 21.1 Å². The molecule has 6 nitrogen and oxygen atoms in total. The molecular weight excluding hydrogens is 386 g/mol. The molecule has 0 unspecified atom stereocenters. The van der Waals surface area contributed by atoms with Gasteiger partial charge < -0.3 is 9.47 Å². The lowest BCUT2D eigenvalue weighted by Crippen LogP contribution is -2.23. The Morgan fingerprint density at radius 2 is 2.00 bits per heavy atom. The Balaban J connectivity index is 1.83. The van der Waals surface area contributed by atoms with Gasteiger partial charge >= 0.3 is 0 Å². The lowest BCUT2D eigenvalue weighted by Gasteiger charge is -2.06. The van der Waals surface area contributed by atoms with Crippen LogP contribution in [-0.2, 0) is 0 Å². The predicted molar refractivity (Wildman–Crippen MR) is 106 cm³/mol. The number of fused-ring (bicyclic) bond motifs is 1. The van der Waals surface area contributed by atoms with E-state index in [0.29, 0.717) is 31.8 Å². The van der Waals surface area contributed by atoms with Gasteiger partial charge in [0.2, 0.25) is 4.96 Å². The zero-order valence-electron chi connectivity index (χ0n) is 14.5. The van der Waals surface area contributed by atoms with E-state index in [1.807, 2.05) is 18.2 Å². The molecule has 2 aromatic heterocycles. The Kier molecular flexibility index (Phi) is 4.55. The van der Waals surface area contributed by atoms with Gasteiger partial charge in [0.15, 0.2) is 5.82 Å². The lowest BCUT2D eigenvalue weighted by atomic mass is 10.2. The normalized spacial score (nSPS) is 11.9. The smallest absolute Gasteiger partial charge is 0.291 e. The molecule has 0 atom stereocenters. The van der Waals surface area contributed by atoms with Gasteiger partial charge in [-0.2, -0.15) is 9.50 Å². The third-order valence-corrected chi connectivity index (χ3v) is 5.18. The van der Waals surface area contributed by atoms with Crippen LogP contribution in [0.5, 0.6) is 11.5 Å². The summed E-state index contributed by atoms with van der Waals surface area (Å²) in [5.74, 6) is 1.79. The Hall–Kier alpha value is -2.90. The summed E-state index contributed by atoms with van der Waals surface area (Å²) in [4.78, 5) is 17.7. The van der Waals surface area contributed by atoms with Crippen molar-refractivity contribution in [2.24, 2.45) is 0 Å². The van der Waals surface area contributed by atoms with Crippen LogP contribution in [0.4, 0.5) is 0 Å². The number of ether oxygens (including phenoxy) is 2. The van der Waals surface area contributed by atoms with E-state index < -0.39 is 0 Å². The number of hydrogen-bond donors (Lipinski definition) is 0. The zero-order chi connectivity index (χ0) is 19.0. The first-order valence-electron chi connectivity index (χ1n) is 7.98. The molecular formula is C19H14ClN3O3S. The highest BCUT2D eigenvalue weighted by Gasteiger charge is 2.13. The minimum atomic E-state index is -0.236. The van der Waals surface area contributed by atoms with Crippen molar-refractivity contribution in [2.45, 2.75) is 0 Å². The fraction of sp³-hybridized carbons (Fsp3) is 0.105. The fourth-order valence-corrected chi connectivity index (χ4v) is 3.77. The molecule has 0 bridgehead atoms. The molecule has 0 aliphatic heterocycles. The van der Waals surface area contributed by atoms with Crippen molar-refractivity contribution in [3.05, 3.63) is 67.9 Å². The highest BCUT2D eigenvalue weighted by Crippen LogP contribution is 2.25. The van der Waals surface area contributed by atoms with E-state index in [-0.39, 0.29) is 5.56 Å². The van der Waals surface area contributed by atoms with E-state index in [1.54, 1.807) is 44.6 Å². The Labute approximate surface area is 163 Å². The number of halogens is 1. The molecule has 0 N–H and O–H groups in total. The molecule has 0 amide bonds. The van der Waals surface area contributed by atoms with E-state index in [2.05, 4.69) is 10.1 Å². The highest BCUT2D eigenvalue weighted by atomic mass is 35.5. The second kappa shape index (κ2) is 7.02. The Morgan fingerprint density at radius 1 is 1.15 bits per heavy atom. The first-order chi connectivity index (χ1) is 13.1. The van der Waals surface area contributed by atoms with Gasteiger partial charge in [0, 0.05) is 16.1 Å². The first kappa shape index (κ1) is 17.5. The third kappa shape index (κ3) is 3.27. The SMILES string of the molecule is COc1ccc(OC)c(C=c2sc3nc(-c4cccc(Cl)c4)nn3c2=O)c1. The van der Waals surface area contributed by atoms with Crippen LogP contribution in [-0.4, -0.2) is 28.8 Å². The predicted octanol–water partition coefficient (Wildman–Crippen LogP) is 3.04. The monoisotopic (exact) mass is 399 g/mol. The van der Waals surface area contributed by atoms with Crippen LogP contribution in [0.2, 0.25) is 5.02 Å². The summed E-state index contributed by atoms with van der Waals surface area (Å²) in [5, 5.41) is 4.92. The zero-order valence-corrected chi connectivity index (χ0v) is 16.0. The molecule has 27 heavy (non-hydrogen) atoms. The Bertz CT molecular complexity index is 1250. The van der Waals surface area contributed by atoms with E-state index in [9.17, 15) is 4.79 Å². The summed E-state index contributed by atoms with van der Waals surface area (Å²) < 4.78 is 12.4. The maximum atomic E-state index is 12.7. The van der Waals surface area contributed by atoms with Crippen LogP contribution in [0, 0.1) is 0 Å². The molecule has 136 valence electrons. The lowest BCUT2D eigenvalue weighted by molar-refractivity contribution is 0.402. The number of hydrogen-bond acceptors (Lipinski definition) is 6. The molecule has 0 spiro atoms. The van der Waals surface area contributed by atoms with E-state index >= 15 is 0 Å². The molecule has 8 heteroatoms. The summed E-state index contributed by atoms with van der Waals surface area (Å²) in [5.41, 5.74) is 1.27. The molecule has 0 saturated carbocycles. The van der Waals surface area contributed by atoms with Crippen LogP contribution in [0.1, 0.15) is 5.56 Å². The second-order valence-electron chi connectivity index (χ2n) is 5.66. The summed E-state index contributed by atoms with van der Waals surface area (Å²) in [6, 6.07) is 12.6. The molecule has 0 aliphatic carbocycles. The molecule has 0 aliphatic rings. The number of methoxy groups -OCH3 is 2. The van der Waals surface area contributed by atoms with Crippen molar-refractivity contribution < 1.29 is 9.47 Å². The van der Waals surface area contributed by atoms with Gasteiger partial charge in [0.25, 0.3) is 5.56 Å². The molecule has 2 heterocycles. The number of nitrogens with zero attached hydrogens (tertiary/aromatic N) is 3. The van der Waals surface area contributed by atoms with Gasteiger partial charge in [-0.15, -0.1) is 5.10 Å². The van der Waals surface area contributed by atoms with Crippen molar-refractivity contribution in [3.8, 4) is 22.9 Å². The van der Waals surface area contributed by atoms with Gasteiger partial charge in [-0.1, -0.05) is 35.1 Å². The van der Waals surface area contributed by atoms with Crippen molar-refractivity contribution in [1.29, 1.82) is 0 Å². The van der Waals surface area contributed by atoms with Crippen LogP contribution >= 0.6 is 22.9 Å². The van der Waals surface area contributed by atoms with Crippen molar-refractivity contribution in [3.63, 3.8) is 0 Å². The highest BCUT2D eigenvalue weighted by molar-refractivity contribution is 7.15. The Morgan fingerprint density at radius 3 is 2.70 bits per heavy atom. The first-order valence-corrected chi connectivity index (χ1v) is 9.18. The quantitative estimate of drug-likeness (QED) is 0.527. The summed E-state index contributed by atoms with van der Waals surface area (Å²) in [7, 11) is 3.17. The third-order valence-electron chi connectivity index (χ3n) is 3.99. The van der Waals surface area contributed by atoms with Crippen LogP contribution in [0.15, 0.2) is 47.3 Å². The van der Waals surface area contributed by atoms with Gasteiger partial charge in [-0.25, -0.2) is 0 Å². The second-order valence-corrected chi connectivity index (χ2v) is 7.11. The summed E-state index contributed by atoms with van der Waals surface area (Å²) in [6.07, 6.45) is 1.75. The van der Waals surface area contributed by atoms with E-state index in [1.165, 1.54) is 15.9 Å². The van der Waals surface area contributed by atoms with Crippen molar-refractivity contribution in [2.75, 3.05) is 14.2 Å². The summed E-state index contributed by atoms with van der Waals surface area (Å²) in [6.45, 7) is 0. The standard InChI is InChI=1S/C19H14ClN3O3S/c1-25-14-6-7-15(26-2)12(9-14)10-16-18(24)23-19(27-16)21-17(22-23)11-4-3-5-13(20)8-11/h3-10H,1-2H3. The molecule has 4 aromatic rings. The molecule has 0 radical (unpaired) electrons. The van der Waals surface area contributed by atoms with Crippen molar-refractivity contribution >= 4 is 34.0 Å². The largest absolute Gasteiger partial charge is 0.497 e. The molecule has 2 aromatic carbocycles. The minimum absolute atomic E-state index is 0.236. The summed E-state index contributed by atoms with van der Waals surface area (Å²) >= 11 is 7.28. The van der Waals surface area contributed by atoms with Crippen molar-refractivity contribution in [1.82, 2.24) is 14.6 Å². The van der Waals surface area contributed by atoms with Gasteiger partial charge in [-0.05, 0) is 36.4 Å².